The van der Waals surface area contributed by atoms with E-state index in [-0.39, 0.29) is 5.25 Å². The van der Waals surface area contributed by atoms with Crippen LogP contribution >= 0.6 is 0 Å². The van der Waals surface area contributed by atoms with Gasteiger partial charge in [-0.25, -0.2) is 0 Å². The van der Waals surface area contributed by atoms with E-state index in [1.807, 2.05) is 6.92 Å². The van der Waals surface area contributed by atoms with E-state index in [9.17, 15) is 4.21 Å². The number of hydrogen-bond acceptors (Lipinski definition) is 2. The van der Waals surface area contributed by atoms with Crippen LogP contribution in [0.2, 0.25) is 0 Å². The molecule has 94 valence electrons. The lowest BCUT2D eigenvalue weighted by atomic mass is 9.76. The predicted molar refractivity (Wildman–Crippen MR) is 73.7 cm³/mol. The van der Waals surface area contributed by atoms with Crippen molar-refractivity contribution in [3.05, 3.63) is 35.9 Å². The van der Waals surface area contributed by atoms with Gasteiger partial charge in [-0.2, -0.15) is 0 Å². The van der Waals surface area contributed by atoms with Gasteiger partial charge in [0.05, 0.1) is 0 Å². The maximum Gasteiger partial charge on any atom is 0.0441 e. The Morgan fingerprint density at radius 1 is 1.35 bits per heavy atom. The topological polar surface area (TPSA) is 29.1 Å². The SMILES string of the molecule is CC(CNC1CC(c2ccccc2)C1)S(C)=O. The Bertz CT molecular complexity index is 373. The Labute approximate surface area is 106 Å². The normalized spacial score (nSPS) is 27.2. The van der Waals surface area contributed by atoms with Crippen LogP contribution in [0.25, 0.3) is 0 Å². The van der Waals surface area contributed by atoms with Gasteiger partial charge in [0.15, 0.2) is 0 Å². The third kappa shape index (κ3) is 3.39. The molecule has 0 aromatic heterocycles. The average molecular weight is 251 g/mol. The van der Waals surface area contributed by atoms with Gasteiger partial charge in [0.1, 0.15) is 0 Å². The third-order valence-corrected chi connectivity index (χ3v) is 4.97. The van der Waals surface area contributed by atoms with Gasteiger partial charge in [-0.15, -0.1) is 0 Å². The summed E-state index contributed by atoms with van der Waals surface area (Å²) in [5.41, 5.74) is 1.46. The quantitative estimate of drug-likeness (QED) is 0.870. The molecule has 3 heteroatoms. The first-order valence-electron chi connectivity index (χ1n) is 6.27. The van der Waals surface area contributed by atoms with Gasteiger partial charge in [-0.1, -0.05) is 30.3 Å². The molecule has 1 aliphatic carbocycles. The molecule has 1 N–H and O–H groups in total. The maximum absolute atomic E-state index is 11.2. The van der Waals surface area contributed by atoms with E-state index in [0.29, 0.717) is 6.04 Å². The zero-order valence-electron chi connectivity index (χ0n) is 10.6. The summed E-state index contributed by atoms with van der Waals surface area (Å²) in [5.74, 6) is 0.719. The van der Waals surface area contributed by atoms with Crippen LogP contribution in [0.5, 0.6) is 0 Å². The molecular weight excluding hydrogens is 230 g/mol. The van der Waals surface area contributed by atoms with E-state index >= 15 is 0 Å². The number of hydrogen-bond donors (Lipinski definition) is 1. The highest BCUT2D eigenvalue weighted by Gasteiger charge is 2.29. The van der Waals surface area contributed by atoms with Gasteiger partial charge in [0, 0.05) is 34.9 Å². The maximum atomic E-state index is 11.2. The van der Waals surface area contributed by atoms with E-state index in [2.05, 4.69) is 35.6 Å². The van der Waals surface area contributed by atoms with Crippen LogP contribution < -0.4 is 5.32 Å². The molecule has 0 saturated heterocycles. The fraction of sp³-hybridized carbons (Fsp3) is 0.571. The minimum Gasteiger partial charge on any atom is -0.313 e. The smallest absolute Gasteiger partial charge is 0.0441 e. The van der Waals surface area contributed by atoms with Gasteiger partial charge in [0.25, 0.3) is 0 Å². The highest BCUT2D eigenvalue weighted by molar-refractivity contribution is 7.84. The monoisotopic (exact) mass is 251 g/mol. The molecule has 1 fully saturated rings. The van der Waals surface area contributed by atoms with Gasteiger partial charge < -0.3 is 5.32 Å². The standard InChI is InChI=1S/C14H21NOS/c1-11(17(2)16)10-15-14-8-13(9-14)12-6-4-3-5-7-12/h3-7,11,13-15H,8-10H2,1-2H3. The van der Waals surface area contributed by atoms with Crippen molar-refractivity contribution in [1.29, 1.82) is 0 Å². The first-order chi connectivity index (χ1) is 8.16. The molecule has 1 saturated carbocycles. The summed E-state index contributed by atoms with van der Waals surface area (Å²) in [6.07, 6.45) is 4.21. The van der Waals surface area contributed by atoms with E-state index in [0.717, 1.165) is 12.5 Å². The van der Waals surface area contributed by atoms with Crippen molar-refractivity contribution in [2.45, 2.75) is 37.0 Å². The van der Waals surface area contributed by atoms with Crippen LogP contribution in [0.15, 0.2) is 30.3 Å². The summed E-state index contributed by atoms with van der Waals surface area (Å²) >= 11 is 0. The number of rotatable bonds is 5. The molecule has 0 heterocycles. The average Bonchev–Trinajstić information content (AvgIpc) is 2.28. The summed E-state index contributed by atoms with van der Waals surface area (Å²) in [4.78, 5) is 0. The summed E-state index contributed by atoms with van der Waals surface area (Å²) in [7, 11) is -0.712. The summed E-state index contributed by atoms with van der Waals surface area (Å²) < 4.78 is 11.2. The zero-order valence-corrected chi connectivity index (χ0v) is 11.4. The second-order valence-corrected chi connectivity index (χ2v) is 6.80. The Morgan fingerprint density at radius 3 is 2.59 bits per heavy atom. The molecule has 1 aromatic rings. The summed E-state index contributed by atoms with van der Waals surface area (Å²) in [6.45, 7) is 2.91. The number of benzene rings is 1. The predicted octanol–water partition coefficient (Wildman–Crippen LogP) is 2.29. The van der Waals surface area contributed by atoms with Gasteiger partial charge in [-0.05, 0) is 31.2 Å². The van der Waals surface area contributed by atoms with Crippen LogP contribution in [0.1, 0.15) is 31.2 Å². The van der Waals surface area contributed by atoms with Gasteiger partial charge >= 0.3 is 0 Å². The van der Waals surface area contributed by atoms with E-state index in [1.54, 1.807) is 6.26 Å². The molecule has 1 aromatic carbocycles. The molecular formula is C14H21NOS. The lowest BCUT2D eigenvalue weighted by molar-refractivity contribution is 0.292. The van der Waals surface area contributed by atoms with Gasteiger partial charge in [-0.3, -0.25) is 4.21 Å². The highest BCUT2D eigenvalue weighted by atomic mass is 32.2. The third-order valence-electron chi connectivity index (χ3n) is 3.67. The molecule has 0 amide bonds. The van der Waals surface area contributed by atoms with Crippen LogP contribution in [-0.4, -0.2) is 28.3 Å². The largest absolute Gasteiger partial charge is 0.313 e. The lowest BCUT2D eigenvalue weighted by Gasteiger charge is -2.37. The van der Waals surface area contributed by atoms with E-state index < -0.39 is 10.8 Å². The Hall–Kier alpha value is -0.670. The first-order valence-corrected chi connectivity index (χ1v) is 7.89. The molecule has 17 heavy (non-hydrogen) atoms. The molecule has 2 rings (SSSR count). The van der Waals surface area contributed by atoms with Crippen LogP contribution in [0.3, 0.4) is 0 Å². The van der Waals surface area contributed by atoms with Crippen molar-refractivity contribution in [2.75, 3.05) is 12.8 Å². The van der Waals surface area contributed by atoms with Crippen molar-refractivity contribution in [1.82, 2.24) is 5.32 Å². The van der Waals surface area contributed by atoms with E-state index in [4.69, 9.17) is 0 Å². The molecule has 0 aliphatic heterocycles. The Morgan fingerprint density at radius 2 is 2.00 bits per heavy atom. The Balaban J connectivity index is 1.71. The highest BCUT2D eigenvalue weighted by Crippen LogP contribution is 2.36. The van der Waals surface area contributed by atoms with Crippen LogP contribution in [0.4, 0.5) is 0 Å². The van der Waals surface area contributed by atoms with Crippen LogP contribution in [-0.2, 0) is 10.8 Å². The first kappa shape index (κ1) is 12.8. The van der Waals surface area contributed by atoms with E-state index in [1.165, 1.54) is 18.4 Å². The second-order valence-electron chi connectivity index (χ2n) is 4.99. The summed E-state index contributed by atoms with van der Waals surface area (Å²) in [5, 5.41) is 3.76. The molecule has 0 radical (unpaired) electrons. The Kier molecular flexibility index (Phi) is 4.35. The fourth-order valence-electron chi connectivity index (χ4n) is 2.23. The summed E-state index contributed by atoms with van der Waals surface area (Å²) in [6, 6.07) is 11.3. The molecule has 0 spiro atoms. The molecule has 1 aliphatic rings. The fourth-order valence-corrected chi connectivity index (χ4v) is 2.56. The van der Waals surface area contributed by atoms with Crippen molar-refractivity contribution >= 4 is 10.8 Å². The van der Waals surface area contributed by atoms with Crippen molar-refractivity contribution < 1.29 is 4.21 Å². The molecule has 2 nitrogen and oxygen atoms in total. The van der Waals surface area contributed by atoms with Crippen molar-refractivity contribution in [3.8, 4) is 0 Å². The molecule has 2 unspecified atom stereocenters. The molecule has 2 atom stereocenters. The number of nitrogens with one attached hydrogen (secondary N) is 1. The lowest BCUT2D eigenvalue weighted by Crippen LogP contribution is -2.43. The molecule has 0 bridgehead atoms. The van der Waals surface area contributed by atoms with Crippen LogP contribution in [0, 0.1) is 0 Å². The minimum atomic E-state index is -0.712. The van der Waals surface area contributed by atoms with Gasteiger partial charge in [0.2, 0.25) is 0 Å². The zero-order chi connectivity index (χ0) is 12.3. The van der Waals surface area contributed by atoms with Crippen molar-refractivity contribution in [2.24, 2.45) is 0 Å². The second kappa shape index (κ2) is 5.78. The minimum absolute atomic E-state index is 0.255. The van der Waals surface area contributed by atoms with Crippen molar-refractivity contribution in [3.63, 3.8) is 0 Å².